The number of carbonyl (C=O) groups is 1. The first-order valence-corrected chi connectivity index (χ1v) is 5.78. The molecule has 0 heterocycles. The highest BCUT2D eigenvalue weighted by atomic mass is 35.5. The van der Waals surface area contributed by atoms with Gasteiger partial charge in [-0.1, -0.05) is 37.0 Å². The van der Waals surface area contributed by atoms with Crippen LogP contribution in [0.2, 0.25) is 10.0 Å². The van der Waals surface area contributed by atoms with Gasteiger partial charge in [0.2, 0.25) is 0 Å². The predicted octanol–water partition coefficient (Wildman–Crippen LogP) is 3.82. The summed E-state index contributed by atoms with van der Waals surface area (Å²) in [4.78, 5) is 11.1. The maximum Gasteiger partial charge on any atom is 0.307 e. The molecule has 1 aromatic carbocycles. The highest BCUT2D eigenvalue weighted by Gasteiger charge is 2.62. The van der Waals surface area contributed by atoms with E-state index >= 15 is 0 Å². The van der Waals surface area contributed by atoms with Crippen LogP contribution in [0.1, 0.15) is 25.3 Å². The van der Waals surface area contributed by atoms with E-state index in [4.69, 9.17) is 28.3 Å². The fourth-order valence-electron chi connectivity index (χ4n) is 2.48. The predicted molar refractivity (Wildman–Crippen MR) is 64.1 cm³/mol. The first-order valence-electron chi connectivity index (χ1n) is 5.03. The Balaban J connectivity index is 2.37. The van der Waals surface area contributed by atoms with Gasteiger partial charge >= 0.3 is 5.97 Å². The molecule has 0 unspecified atom stereocenters. The number of hydrogen-bond acceptors (Lipinski definition) is 1. The van der Waals surface area contributed by atoms with Crippen LogP contribution in [0.4, 0.5) is 0 Å². The van der Waals surface area contributed by atoms with E-state index < -0.39 is 5.97 Å². The number of rotatable bonds is 2. The molecule has 1 fully saturated rings. The molecule has 0 bridgehead atoms. The molecule has 1 saturated carbocycles. The van der Waals surface area contributed by atoms with Crippen LogP contribution in [-0.4, -0.2) is 11.1 Å². The van der Waals surface area contributed by atoms with Crippen molar-refractivity contribution in [3.8, 4) is 0 Å². The third kappa shape index (κ3) is 1.80. The summed E-state index contributed by atoms with van der Waals surface area (Å²) in [6.07, 6.45) is 0. The standard InChI is InChI=1S/C12H12Cl2O2/c1-12(2)9(10(12)11(15)16)6-3-7(13)5-8(14)4-6/h3-5,9-10H,1-2H3,(H,15,16)/t9-,10+/m1/s1. The van der Waals surface area contributed by atoms with Crippen molar-refractivity contribution in [1.82, 2.24) is 0 Å². The van der Waals surface area contributed by atoms with E-state index in [0.717, 1.165) is 5.56 Å². The minimum absolute atomic E-state index is 0.00111. The lowest BCUT2D eigenvalue weighted by Crippen LogP contribution is -2.03. The number of carboxylic acids is 1. The van der Waals surface area contributed by atoms with Gasteiger partial charge in [-0.25, -0.2) is 0 Å². The third-order valence-corrected chi connectivity index (χ3v) is 3.77. The molecule has 86 valence electrons. The Labute approximate surface area is 104 Å². The van der Waals surface area contributed by atoms with E-state index in [1.54, 1.807) is 18.2 Å². The number of benzene rings is 1. The highest BCUT2D eigenvalue weighted by Crippen LogP contribution is 2.64. The van der Waals surface area contributed by atoms with Gasteiger partial charge in [0.1, 0.15) is 0 Å². The monoisotopic (exact) mass is 258 g/mol. The summed E-state index contributed by atoms with van der Waals surface area (Å²) in [6.45, 7) is 3.90. The van der Waals surface area contributed by atoms with Crippen molar-refractivity contribution >= 4 is 29.2 Å². The fourth-order valence-corrected chi connectivity index (χ4v) is 3.02. The lowest BCUT2D eigenvalue weighted by molar-refractivity contribution is -0.139. The maximum absolute atomic E-state index is 11.1. The molecule has 16 heavy (non-hydrogen) atoms. The Hall–Kier alpha value is -0.730. The Bertz CT molecular complexity index is 434. The zero-order valence-electron chi connectivity index (χ0n) is 9.00. The second-order valence-corrected chi connectivity index (χ2v) is 5.69. The number of halogens is 2. The molecule has 1 aliphatic carbocycles. The molecule has 0 saturated heterocycles. The molecular formula is C12H12Cl2O2. The lowest BCUT2D eigenvalue weighted by atomic mass is 10.0. The van der Waals surface area contributed by atoms with E-state index in [9.17, 15) is 4.79 Å². The molecule has 2 rings (SSSR count). The summed E-state index contributed by atoms with van der Waals surface area (Å²) in [7, 11) is 0. The summed E-state index contributed by atoms with van der Waals surface area (Å²) in [5.41, 5.74) is 0.690. The van der Waals surface area contributed by atoms with Crippen LogP contribution in [0.15, 0.2) is 18.2 Å². The van der Waals surface area contributed by atoms with E-state index in [2.05, 4.69) is 0 Å². The average molecular weight is 259 g/mol. The summed E-state index contributed by atoms with van der Waals surface area (Å²) < 4.78 is 0. The van der Waals surface area contributed by atoms with E-state index in [1.807, 2.05) is 13.8 Å². The van der Waals surface area contributed by atoms with Gasteiger partial charge in [-0.15, -0.1) is 0 Å². The summed E-state index contributed by atoms with van der Waals surface area (Å²) >= 11 is 11.8. The van der Waals surface area contributed by atoms with Crippen molar-refractivity contribution in [2.75, 3.05) is 0 Å². The van der Waals surface area contributed by atoms with Crippen LogP contribution in [0.3, 0.4) is 0 Å². The van der Waals surface area contributed by atoms with Gasteiger partial charge in [-0.2, -0.15) is 0 Å². The molecule has 2 atom stereocenters. The van der Waals surface area contributed by atoms with Crippen LogP contribution < -0.4 is 0 Å². The molecule has 1 N–H and O–H groups in total. The molecule has 0 spiro atoms. The van der Waals surface area contributed by atoms with Gasteiger partial charge in [0, 0.05) is 16.0 Å². The Morgan fingerprint density at radius 1 is 1.25 bits per heavy atom. The summed E-state index contributed by atoms with van der Waals surface area (Å²) in [5.74, 6) is -1.10. The minimum Gasteiger partial charge on any atom is -0.481 e. The Kier molecular flexibility index (Phi) is 2.67. The Morgan fingerprint density at radius 2 is 1.75 bits per heavy atom. The van der Waals surface area contributed by atoms with Gasteiger partial charge in [-0.05, 0) is 29.2 Å². The van der Waals surface area contributed by atoms with Gasteiger partial charge in [0.25, 0.3) is 0 Å². The van der Waals surface area contributed by atoms with Crippen LogP contribution in [-0.2, 0) is 4.79 Å². The third-order valence-electron chi connectivity index (χ3n) is 3.34. The van der Waals surface area contributed by atoms with E-state index in [0.29, 0.717) is 10.0 Å². The zero-order valence-corrected chi connectivity index (χ0v) is 10.5. The highest BCUT2D eigenvalue weighted by molar-refractivity contribution is 6.34. The average Bonchev–Trinajstić information content (AvgIpc) is 2.67. The van der Waals surface area contributed by atoms with Gasteiger partial charge in [0.15, 0.2) is 0 Å². The van der Waals surface area contributed by atoms with Crippen molar-refractivity contribution in [3.05, 3.63) is 33.8 Å². The Morgan fingerprint density at radius 3 is 2.12 bits per heavy atom. The molecule has 4 heteroatoms. The minimum atomic E-state index is -0.758. The second-order valence-electron chi connectivity index (χ2n) is 4.82. The molecule has 0 aliphatic heterocycles. The number of carboxylic acid groups (broad SMARTS) is 1. The van der Waals surface area contributed by atoms with Gasteiger partial charge in [-0.3, -0.25) is 4.79 Å². The first kappa shape index (κ1) is 11.7. The SMILES string of the molecule is CC1(C)[C@H](C(=O)O)[C@H]1c1cc(Cl)cc(Cl)c1. The maximum atomic E-state index is 11.1. The smallest absolute Gasteiger partial charge is 0.307 e. The van der Waals surface area contributed by atoms with Crippen molar-refractivity contribution in [1.29, 1.82) is 0 Å². The number of hydrogen-bond donors (Lipinski definition) is 1. The van der Waals surface area contributed by atoms with Crippen LogP contribution in [0.5, 0.6) is 0 Å². The van der Waals surface area contributed by atoms with Crippen LogP contribution >= 0.6 is 23.2 Å². The van der Waals surface area contributed by atoms with Crippen LogP contribution in [0.25, 0.3) is 0 Å². The molecule has 1 aromatic rings. The van der Waals surface area contributed by atoms with E-state index in [-0.39, 0.29) is 17.3 Å². The normalized spacial score (nSPS) is 26.5. The summed E-state index contributed by atoms with van der Waals surface area (Å²) in [5, 5.41) is 10.2. The van der Waals surface area contributed by atoms with Crippen molar-refractivity contribution in [2.24, 2.45) is 11.3 Å². The van der Waals surface area contributed by atoms with Crippen molar-refractivity contribution < 1.29 is 9.90 Å². The lowest BCUT2D eigenvalue weighted by Gasteiger charge is -2.04. The molecule has 2 nitrogen and oxygen atoms in total. The topological polar surface area (TPSA) is 37.3 Å². The zero-order chi connectivity index (χ0) is 12.1. The van der Waals surface area contributed by atoms with Crippen molar-refractivity contribution in [3.63, 3.8) is 0 Å². The molecule has 1 aliphatic rings. The van der Waals surface area contributed by atoms with Crippen LogP contribution in [0, 0.1) is 11.3 Å². The molecule has 0 amide bonds. The quantitative estimate of drug-likeness (QED) is 0.876. The molecule has 0 aromatic heterocycles. The first-order chi connectivity index (χ1) is 7.34. The van der Waals surface area contributed by atoms with Gasteiger partial charge < -0.3 is 5.11 Å². The van der Waals surface area contributed by atoms with E-state index in [1.165, 1.54) is 0 Å². The van der Waals surface area contributed by atoms with Gasteiger partial charge in [0.05, 0.1) is 5.92 Å². The second kappa shape index (κ2) is 3.64. The van der Waals surface area contributed by atoms with Crippen molar-refractivity contribution in [2.45, 2.75) is 19.8 Å². The molecular weight excluding hydrogens is 247 g/mol. The molecule has 0 radical (unpaired) electrons. The summed E-state index contributed by atoms with van der Waals surface area (Å²) in [6, 6.07) is 5.24. The number of aliphatic carboxylic acids is 1. The fraction of sp³-hybridized carbons (Fsp3) is 0.417. The largest absolute Gasteiger partial charge is 0.481 e.